The van der Waals surface area contributed by atoms with E-state index in [1.54, 1.807) is 6.07 Å². The van der Waals surface area contributed by atoms with Gasteiger partial charge in [-0.15, -0.1) is 0 Å². The molecule has 8 heteroatoms. The number of hydrogen-bond acceptors (Lipinski definition) is 5. The topological polar surface area (TPSA) is 59.9 Å². The van der Waals surface area contributed by atoms with Gasteiger partial charge in [0.1, 0.15) is 11.5 Å². The fraction of sp³-hybridized carbons (Fsp3) is 0.188. The van der Waals surface area contributed by atoms with E-state index in [4.69, 9.17) is 4.74 Å². The first-order valence-corrected chi connectivity index (χ1v) is 7.04. The van der Waals surface area contributed by atoms with Crippen LogP contribution in [-0.2, 0) is 6.54 Å². The number of anilines is 1. The highest BCUT2D eigenvalue weighted by Crippen LogP contribution is 2.28. The van der Waals surface area contributed by atoms with Crippen molar-refractivity contribution in [2.45, 2.75) is 13.0 Å². The normalized spacial score (nSPS) is 11.0. The fourth-order valence-electron chi connectivity index (χ4n) is 2.25. The summed E-state index contributed by atoms with van der Waals surface area (Å²) in [7, 11) is 1.37. The number of benzene rings is 1. The van der Waals surface area contributed by atoms with Crippen molar-refractivity contribution in [1.29, 1.82) is 0 Å². The van der Waals surface area contributed by atoms with E-state index in [2.05, 4.69) is 20.3 Å². The molecule has 0 spiro atoms. The van der Waals surface area contributed by atoms with E-state index in [0.717, 1.165) is 0 Å². The number of pyridine rings is 1. The van der Waals surface area contributed by atoms with Crippen LogP contribution < -0.4 is 10.1 Å². The number of halogens is 3. The maximum atomic E-state index is 13.7. The molecule has 24 heavy (non-hydrogen) atoms. The maximum absolute atomic E-state index is 13.7. The number of hydrogen-bond donors (Lipinski definition) is 1. The molecule has 0 fully saturated rings. The molecule has 0 amide bonds. The first kappa shape index (κ1) is 16.0. The van der Waals surface area contributed by atoms with Gasteiger partial charge in [-0.05, 0) is 18.2 Å². The summed E-state index contributed by atoms with van der Waals surface area (Å²) in [5, 5.41) is 3.69. The number of methoxy groups -OCH3 is 1. The summed E-state index contributed by atoms with van der Waals surface area (Å²) in [6.45, 7) is 0.138. The predicted molar refractivity (Wildman–Crippen MR) is 82.6 cm³/mol. The van der Waals surface area contributed by atoms with Crippen LogP contribution in [0.5, 0.6) is 5.75 Å². The lowest BCUT2D eigenvalue weighted by molar-refractivity contribution is 0.145. The van der Waals surface area contributed by atoms with Gasteiger partial charge < -0.3 is 10.1 Å². The highest BCUT2D eigenvalue weighted by Gasteiger charge is 2.11. The zero-order chi connectivity index (χ0) is 17.1. The Hall–Kier alpha value is -2.90. The van der Waals surface area contributed by atoms with E-state index < -0.39 is 12.2 Å². The SMILES string of the molecule is COc1cc2c(NCc3nccc(C(F)F)n3)ccnc2cc1F. The zero-order valence-corrected chi connectivity index (χ0v) is 12.6. The third-order valence-electron chi connectivity index (χ3n) is 3.40. The van der Waals surface area contributed by atoms with Crippen molar-refractivity contribution in [2.24, 2.45) is 0 Å². The third-order valence-corrected chi connectivity index (χ3v) is 3.40. The van der Waals surface area contributed by atoms with E-state index in [0.29, 0.717) is 16.6 Å². The molecule has 0 saturated carbocycles. The van der Waals surface area contributed by atoms with Gasteiger partial charge in [0.2, 0.25) is 0 Å². The number of ether oxygens (including phenoxy) is 1. The van der Waals surface area contributed by atoms with Crippen LogP contribution in [0.3, 0.4) is 0 Å². The summed E-state index contributed by atoms with van der Waals surface area (Å²) in [6.07, 6.45) is 0.155. The predicted octanol–water partition coefficient (Wildman–Crippen LogP) is 3.72. The van der Waals surface area contributed by atoms with Gasteiger partial charge in [0.25, 0.3) is 6.43 Å². The Morgan fingerprint density at radius 3 is 2.71 bits per heavy atom. The zero-order valence-electron chi connectivity index (χ0n) is 12.6. The number of nitrogens with zero attached hydrogens (tertiary/aromatic N) is 3. The molecule has 3 aromatic rings. The standard InChI is InChI=1S/C16H13F3N4O/c1-24-14-6-9-11(2-4-20-13(9)7-10(14)17)22-8-15-21-5-3-12(23-15)16(18)19/h2-7,16H,8H2,1H3,(H,20,22). The molecule has 3 rings (SSSR count). The van der Waals surface area contributed by atoms with Gasteiger partial charge in [0, 0.05) is 29.5 Å². The molecule has 0 aliphatic carbocycles. The van der Waals surface area contributed by atoms with Crippen LogP contribution in [0.1, 0.15) is 17.9 Å². The molecule has 0 bridgehead atoms. The molecule has 0 saturated heterocycles. The van der Waals surface area contributed by atoms with Crippen LogP contribution in [0.25, 0.3) is 10.9 Å². The molecule has 0 atom stereocenters. The van der Waals surface area contributed by atoms with E-state index >= 15 is 0 Å². The number of alkyl halides is 2. The van der Waals surface area contributed by atoms with Crippen LogP contribution >= 0.6 is 0 Å². The molecule has 0 radical (unpaired) electrons. The highest BCUT2D eigenvalue weighted by atomic mass is 19.3. The second-order valence-electron chi connectivity index (χ2n) is 4.91. The number of rotatable bonds is 5. The summed E-state index contributed by atoms with van der Waals surface area (Å²) in [5.41, 5.74) is 0.759. The second-order valence-corrected chi connectivity index (χ2v) is 4.91. The molecule has 2 aromatic heterocycles. The third kappa shape index (κ3) is 3.22. The average molecular weight is 334 g/mol. The molecule has 1 aromatic carbocycles. The quantitative estimate of drug-likeness (QED) is 0.770. The van der Waals surface area contributed by atoms with Gasteiger partial charge in [-0.1, -0.05) is 0 Å². The molecule has 0 aliphatic heterocycles. The Kier molecular flexibility index (Phi) is 4.45. The monoisotopic (exact) mass is 334 g/mol. The van der Waals surface area contributed by atoms with Crippen LogP contribution in [0, 0.1) is 5.82 Å². The minimum atomic E-state index is -2.65. The van der Waals surface area contributed by atoms with Crippen LogP contribution in [0.4, 0.5) is 18.9 Å². The molecule has 124 valence electrons. The lowest BCUT2D eigenvalue weighted by Crippen LogP contribution is -2.06. The Balaban J connectivity index is 1.89. The number of fused-ring (bicyclic) bond motifs is 1. The van der Waals surface area contributed by atoms with E-state index in [9.17, 15) is 13.2 Å². The largest absolute Gasteiger partial charge is 0.494 e. The smallest absolute Gasteiger partial charge is 0.280 e. The molecule has 5 nitrogen and oxygen atoms in total. The minimum Gasteiger partial charge on any atom is -0.494 e. The van der Waals surface area contributed by atoms with Gasteiger partial charge in [-0.3, -0.25) is 4.98 Å². The molecule has 0 aliphatic rings. The van der Waals surface area contributed by atoms with Gasteiger partial charge in [0.05, 0.1) is 19.2 Å². The summed E-state index contributed by atoms with van der Waals surface area (Å²) >= 11 is 0. The second kappa shape index (κ2) is 6.69. The Morgan fingerprint density at radius 1 is 1.17 bits per heavy atom. The van der Waals surface area contributed by atoms with Gasteiger partial charge in [-0.25, -0.2) is 23.1 Å². The van der Waals surface area contributed by atoms with Crippen molar-refractivity contribution >= 4 is 16.6 Å². The minimum absolute atomic E-state index is 0.0921. The lowest BCUT2D eigenvalue weighted by atomic mass is 10.1. The van der Waals surface area contributed by atoms with Crippen LogP contribution in [-0.4, -0.2) is 22.1 Å². The van der Waals surface area contributed by atoms with Crippen molar-refractivity contribution in [2.75, 3.05) is 12.4 Å². The Labute approximate surface area is 135 Å². The van der Waals surface area contributed by atoms with Crippen molar-refractivity contribution in [3.05, 3.63) is 54.0 Å². The Bertz CT molecular complexity index is 873. The van der Waals surface area contributed by atoms with Gasteiger partial charge in [0.15, 0.2) is 11.6 Å². The van der Waals surface area contributed by atoms with Gasteiger partial charge >= 0.3 is 0 Å². The molecule has 0 unspecified atom stereocenters. The average Bonchev–Trinajstić information content (AvgIpc) is 2.59. The summed E-state index contributed by atoms with van der Waals surface area (Å²) in [4.78, 5) is 11.9. The van der Waals surface area contributed by atoms with E-state index in [-0.39, 0.29) is 23.8 Å². The first-order valence-electron chi connectivity index (χ1n) is 7.04. The van der Waals surface area contributed by atoms with Crippen molar-refractivity contribution < 1.29 is 17.9 Å². The summed E-state index contributed by atoms with van der Waals surface area (Å²) in [6, 6.07) is 5.66. The fourth-order valence-corrected chi connectivity index (χ4v) is 2.25. The first-order chi connectivity index (χ1) is 11.6. The van der Waals surface area contributed by atoms with Crippen LogP contribution in [0.15, 0.2) is 36.7 Å². The van der Waals surface area contributed by atoms with Crippen LogP contribution in [0.2, 0.25) is 0 Å². The highest BCUT2D eigenvalue weighted by molar-refractivity contribution is 5.92. The summed E-state index contributed by atoms with van der Waals surface area (Å²) in [5.74, 6) is -0.191. The molecule has 2 heterocycles. The lowest BCUT2D eigenvalue weighted by Gasteiger charge is -2.11. The van der Waals surface area contributed by atoms with Gasteiger partial charge in [-0.2, -0.15) is 0 Å². The molecular weight excluding hydrogens is 321 g/mol. The number of aromatic nitrogens is 3. The van der Waals surface area contributed by atoms with Crippen molar-refractivity contribution in [1.82, 2.24) is 15.0 Å². The van der Waals surface area contributed by atoms with E-state index in [1.807, 2.05) is 0 Å². The van der Waals surface area contributed by atoms with Crippen molar-refractivity contribution in [3.8, 4) is 5.75 Å². The maximum Gasteiger partial charge on any atom is 0.280 e. The molecular formula is C16H13F3N4O. The Morgan fingerprint density at radius 2 is 1.96 bits per heavy atom. The van der Waals surface area contributed by atoms with Crippen molar-refractivity contribution in [3.63, 3.8) is 0 Å². The number of nitrogens with one attached hydrogen (secondary N) is 1. The molecule has 1 N–H and O–H groups in total. The summed E-state index contributed by atoms with van der Waals surface area (Å²) < 4.78 is 44.1. The van der Waals surface area contributed by atoms with E-state index in [1.165, 1.54) is 37.7 Å².